The molecule has 1 fully saturated rings. The highest BCUT2D eigenvalue weighted by atomic mass is 16.6. The van der Waals surface area contributed by atoms with Gasteiger partial charge in [0, 0.05) is 19.5 Å². The third kappa shape index (κ3) is 4.31. The Bertz CT molecular complexity index is 490. The molecule has 0 aromatic heterocycles. The molecule has 0 N–H and O–H groups in total. The normalized spacial score (nSPS) is 15.6. The van der Waals surface area contributed by atoms with Crippen molar-refractivity contribution >= 4 is 11.9 Å². The summed E-state index contributed by atoms with van der Waals surface area (Å²) < 4.78 is 5.45. The maximum Gasteiger partial charge on any atom is 0.410 e. The van der Waals surface area contributed by atoms with Crippen molar-refractivity contribution in [1.82, 2.24) is 4.90 Å². The molecule has 114 valence electrons. The molecule has 1 aromatic rings. The number of carbonyl (C=O) groups excluding carboxylic acids is 2. The minimum atomic E-state index is -1.09. The van der Waals surface area contributed by atoms with Crippen LogP contribution in [0.5, 0.6) is 0 Å². The number of amides is 1. The van der Waals surface area contributed by atoms with Crippen LogP contribution in [-0.2, 0) is 16.0 Å². The lowest BCUT2D eigenvalue weighted by Gasteiger charge is -2.31. The van der Waals surface area contributed by atoms with Crippen molar-refractivity contribution in [3.8, 4) is 0 Å². The Morgan fingerprint density at radius 3 is 2.33 bits per heavy atom. The molecular formula is C17H23NO3. The van der Waals surface area contributed by atoms with E-state index in [-0.39, 0.29) is 18.3 Å². The van der Waals surface area contributed by atoms with E-state index >= 15 is 0 Å². The molecule has 21 heavy (non-hydrogen) atoms. The predicted octanol–water partition coefficient (Wildman–Crippen LogP) is 3.20. The van der Waals surface area contributed by atoms with Crippen molar-refractivity contribution in [1.29, 1.82) is 0 Å². The molecule has 1 heterocycles. The summed E-state index contributed by atoms with van der Waals surface area (Å²) in [5, 5.41) is 0. The van der Waals surface area contributed by atoms with Crippen LogP contribution in [0.2, 0.25) is 0 Å². The van der Waals surface area contributed by atoms with Gasteiger partial charge in [-0.3, -0.25) is 4.79 Å². The van der Waals surface area contributed by atoms with Crippen LogP contribution in [0.25, 0.3) is 0 Å². The second-order valence-corrected chi connectivity index (χ2v) is 6.01. The van der Waals surface area contributed by atoms with Crippen molar-refractivity contribution in [3.63, 3.8) is 0 Å². The van der Waals surface area contributed by atoms with Crippen LogP contribution >= 0.6 is 0 Å². The summed E-state index contributed by atoms with van der Waals surface area (Å²) in [7, 11) is 0. The molecule has 4 nitrogen and oxygen atoms in total. The number of ether oxygens (including phenoxy) is 1. The Balaban J connectivity index is 1.93. The van der Waals surface area contributed by atoms with E-state index in [4.69, 9.17) is 4.74 Å². The molecule has 1 saturated heterocycles. The molecular weight excluding hydrogens is 266 g/mol. The molecule has 0 unspecified atom stereocenters. The van der Waals surface area contributed by atoms with Gasteiger partial charge in [-0.2, -0.15) is 0 Å². The average molecular weight is 289 g/mol. The fraction of sp³-hybridized carbons (Fsp3) is 0.529. The molecule has 2 rings (SSSR count). The number of hydrogen-bond donors (Lipinski definition) is 0. The van der Waals surface area contributed by atoms with Crippen molar-refractivity contribution in [2.45, 2.75) is 45.1 Å². The first-order chi connectivity index (χ1) is 9.99. The second-order valence-electron chi connectivity index (χ2n) is 6.01. The number of hydrogen-bond acceptors (Lipinski definition) is 3. The Labute approximate surface area is 126 Å². The third-order valence-electron chi connectivity index (χ3n) is 3.84. The molecule has 4 heteroatoms. The molecule has 0 bridgehead atoms. The van der Waals surface area contributed by atoms with E-state index in [9.17, 15) is 9.59 Å². The largest absolute Gasteiger partial charge is 0.435 e. The van der Waals surface area contributed by atoms with Gasteiger partial charge in [-0.25, -0.2) is 4.79 Å². The van der Waals surface area contributed by atoms with Crippen LogP contribution < -0.4 is 0 Å². The van der Waals surface area contributed by atoms with Crippen LogP contribution in [0.15, 0.2) is 30.3 Å². The molecule has 0 atom stereocenters. The van der Waals surface area contributed by atoms with Crippen molar-refractivity contribution in [3.05, 3.63) is 35.9 Å². The zero-order valence-electron chi connectivity index (χ0n) is 12.8. The second kappa shape index (κ2) is 6.74. The number of piperidine rings is 1. The summed E-state index contributed by atoms with van der Waals surface area (Å²) in [4.78, 5) is 26.2. The maximum absolute atomic E-state index is 12.4. The minimum absolute atomic E-state index is 0.0842. The number of Topliss-reactive ketones (excluding diaryl/α,β-unsaturated/α-hetero) is 1. The summed E-state index contributed by atoms with van der Waals surface area (Å²) in [6.07, 6.45) is 3.07. The monoisotopic (exact) mass is 289 g/mol. The Morgan fingerprint density at radius 2 is 1.71 bits per heavy atom. The smallest absolute Gasteiger partial charge is 0.410 e. The summed E-state index contributed by atoms with van der Waals surface area (Å²) in [5.41, 5.74) is -0.158. The maximum atomic E-state index is 12.4. The van der Waals surface area contributed by atoms with Gasteiger partial charge < -0.3 is 9.64 Å². The lowest BCUT2D eigenvalue weighted by molar-refractivity contribution is -0.134. The van der Waals surface area contributed by atoms with Gasteiger partial charge in [-0.1, -0.05) is 30.3 Å². The number of benzene rings is 1. The summed E-state index contributed by atoms with van der Waals surface area (Å²) >= 11 is 0. The number of rotatable bonds is 4. The van der Waals surface area contributed by atoms with E-state index < -0.39 is 5.60 Å². The van der Waals surface area contributed by atoms with Gasteiger partial charge in [-0.15, -0.1) is 0 Å². The van der Waals surface area contributed by atoms with Crippen LogP contribution in [0.3, 0.4) is 0 Å². The van der Waals surface area contributed by atoms with Crippen molar-refractivity contribution < 1.29 is 14.3 Å². The van der Waals surface area contributed by atoms with Gasteiger partial charge >= 0.3 is 6.09 Å². The predicted molar refractivity (Wildman–Crippen MR) is 81.1 cm³/mol. The number of nitrogens with zero attached hydrogens (tertiary/aromatic N) is 1. The van der Waals surface area contributed by atoms with Gasteiger partial charge in [0.25, 0.3) is 0 Å². The van der Waals surface area contributed by atoms with Crippen LogP contribution in [0, 0.1) is 0 Å². The van der Waals surface area contributed by atoms with Gasteiger partial charge in [0.05, 0.1) is 0 Å². The fourth-order valence-corrected chi connectivity index (χ4v) is 2.41. The fourth-order valence-electron chi connectivity index (χ4n) is 2.41. The zero-order valence-corrected chi connectivity index (χ0v) is 12.8. The first-order valence-corrected chi connectivity index (χ1v) is 7.54. The Hall–Kier alpha value is -1.84. The summed E-state index contributed by atoms with van der Waals surface area (Å²) in [5.74, 6) is -0.0842. The van der Waals surface area contributed by atoms with Gasteiger partial charge in [0.1, 0.15) is 0 Å². The molecule has 1 aliphatic rings. The number of likely N-dealkylation sites (tertiary alicyclic amines) is 1. The molecule has 0 saturated carbocycles. The standard InChI is InChI=1S/C17H23NO3/c1-17(2,15(19)13-14-9-5-3-6-10-14)21-16(20)18-11-7-4-8-12-18/h3,5-6,9-10H,4,7-8,11-13H2,1-2H3. The molecule has 1 amide bonds. The van der Waals surface area contributed by atoms with E-state index in [1.54, 1.807) is 18.7 Å². The van der Waals surface area contributed by atoms with Gasteiger partial charge in [0.2, 0.25) is 0 Å². The zero-order chi connectivity index (χ0) is 15.3. The first kappa shape index (κ1) is 15.5. The highest BCUT2D eigenvalue weighted by Crippen LogP contribution is 2.18. The van der Waals surface area contributed by atoms with Gasteiger partial charge in [0.15, 0.2) is 11.4 Å². The average Bonchev–Trinajstić information content (AvgIpc) is 2.48. The molecule has 0 radical (unpaired) electrons. The van der Waals surface area contributed by atoms with E-state index in [0.29, 0.717) is 0 Å². The van der Waals surface area contributed by atoms with Crippen molar-refractivity contribution in [2.75, 3.05) is 13.1 Å². The van der Waals surface area contributed by atoms with Crippen LogP contribution in [0.4, 0.5) is 4.79 Å². The van der Waals surface area contributed by atoms with E-state index in [2.05, 4.69) is 0 Å². The molecule has 0 aliphatic carbocycles. The Kier molecular flexibility index (Phi) is 4.99. The van der Waals surface area contributed by atoms with Crippen LogP contribution in [-0.4, -0.2) is 35.5 Å². The lowest BCUT2D eigenvalue weighted by atomic mass is 9.97. The van der Waals surface area contributed by atoms with E-state index in [0.717, 1.165) is 37.9 Å². The topological polar surface area (TPSA) is 46.6 Å². The number of carbonyl (C=O) groups is 2. The quantitative estimate of drug-likeness (QED) is 0.855. The molecule has 1 aliphatic heterocycles. The Morgan fingerprint density at radius 1 is 1.10 bits per heavy atom. The summed E-state index contributed by atoms with van der Waals surface area (Å²) in [6, 6.07) is 9.51. The molecule has 1 aromatic carbocycles. The molecule has 0 spiro atoms. The van der Waals surface area contributed by atoms with E-state index in [1.807, 2.05) is 30.3 Å². The third-order valence-corrected chi connectivity index (χ3v) is 3.84. The summed E-state index contributed by atoms with van der Waals surface area (Å²) in [6.45, 7) is 4.78. The minimum Gasteiger partial charge on any atom is -0.435 e. The van der Waals surface area contributed by atoms with Crippen molar-refractivity contribution in [2.24, 2.45) is 0 Å². The highest BCUT2D eigenvalue weighted by Gasteiger charge is 2.33. The first-order valence-electron chi connectivity index (χ1n) is 7.54. The highest BCUT2D eigenvalue weighted by molar-refractivity contribution is 5.90. The SMILES string of the molecule is CC(C)(OC(=O)N1CCCCC1)C(=O)Cc1ccccc1. The number of ketones is 1. The van der Waals surface area contributed by atoms with Gasteiger partial charge in [-0.05, 0) is 38.7 Å². The van der Waals surface area contributed by atoms with Crippen LogP contribution in [0.1, 0.15) is 38.7 Å². The van der Waals surface area contributed by atoms with E-state index in [1.165, 1.54) is 0 Å². The lowest BCUT2D eigenvalue weighted by Crippen LogP contribution is -2.44.